The monoisotopic (exact) mass is 456 g/mol. The predicted octanol–water partition coefficient (Wildman–Crippen LogP) is 3.21. The van der Waals surface area contributed by atoms with Gasteiger partial charge in [-0.25, -0.2) is 0 Å². The van der Waals surface area contributed by atoms with Gasteiger partial charge in [0.2, 0.25) is 0 Å². The van der Waals surface area contributed by atoms with Crippen LogP contribution in [0.5, 0.6) is 0 Å². The van der Waals surface area contributed by atoms with E-state index < -0.39 is 11.5 Å². The molecule has 0 heterocycles. The highest BCUT2D eigenvalue weighted by atomic mass is 79.9. The first kappa shape index (κ1) is 20.8. The van der Waals surface area contributed by atoms with E-state index in [1.165, 1.54) is 12.5 Å². The highest BCUT2D eigenvalue weighted by Crippen LogP contribution is 2.66. The number of fused-ring (bicyclic) bond motifs is 5. The molecule has 5 nitrogen and oxygen atoms in total. The molecule has 0 saturated heterocycles. The average Bonchev–Trinajstić information content (AvgIpc) is 2.94. The summed E-state index contributed by atoms with van der Waals surface area (Å²) in [6.07, 6.45) is 7.10. The summed E-state index contributed by atoms with van der Waals surface area (Å²) in [5.74, 6) is 0.311. The second kappa shape index (κ2) is 7.36. The van der Waals surface area contributed by atoms with Gasteiger partial charge in [-0.1, -0.05) is 34.5 Å². The van der Waals surface area contributed by atoms with Crippen molar-refractivity contribution in [1.29, 1.82) is 0 Å². The molecule has 4 rings (SSSR count). The lowest BCUT2D eigenvalue weighted by atomic mass is 9.47. The standard InChI is InChI=1S/C22H33BrO5/c1-12(25)28-20-17(23)10-16-19-15(5-7-22(16,20)11-24)21(2)6-4-14(27-3)8-13(21)9-18(19)26/h9,14-20,24,26H,4-8,10-11H2,1-3H3. The fourth-order valence-electron chi connectivity index (χ4n) is 7.22. The van der Waals surface area contributed by atoms with Crippen molar-refractivity contribution in [3.05, 3.63) is 11.6 Å². The lowest BCUT2D eigenvalue weighted by Crippen LogP contribution is -2.57. The van der Waals surface area contributed by atoms with E-state index in [0.29, 0.717) is 5.92 Å². The summed E-state index contributed by atoms with van der Waals surface area (Å²) in [6.45, 7) is 3.79. The number of ether oxygens (including phenoxy) is 2. The molecule has 4 aliphatic rings. The number of aliphatic hydroxyl groups is 2. The molecule has 0 aromatic heterocycles. The Balaban J connectivity index is 1.70. The van der Waals surface area contributed by atoms with Gasteiger partial charge in [-0.2, -0.15) is 0 Å². The smallest absolute Gasteiger partial charge is 0.302 e. The van der Waals surface area contributed by atoms with Crippen molar-refractivity contribution >= 4 is 21.9 Å². The van der Waals surface area contributed by atoms with Crippen LogP contribution >= 0.6 is 15.9 Å². The molecule has 158 valence electrons. The molecule has 6 heteroatoms. The molecule has 0 spiro atoms. The minimum atomic E-state index is -0.518. The summed E-state index contributed by atoms with van der Waals surface area (Å²) in [5, 5.41) is 21.7. The Morgan fingerprint density at radius 3 is 2.71 bits per heavy atom. The van der Waals surface area contributed by atoms with Crippen LogP contribution in [-0.4, -0.2) is 53.0 Å². The highest BCUT2D eigenvalue weighted by Gasteiger charge is 2.65. The Bertz CT molecular complexity index is 665. The molecule has 0 amide bonds. The van der Waals surface area contributed by atoms with E-state index in [1.54, 1.807) is 7.11 Å². The van der Waals surface area contributed by atoms with Crippen molar-refractivity contribution in [2.24, 2.45) is 28.6 Å². The van der Waals surface area contributed by atoms with Gasteiger partial charge in [0, 0.05) is 19.4 Å². The molecular formula is C22H33BrO5. The summed E-state index contributed by atoms with van der Waals surface area (Å²) < 4.78 is 11.3. The zero-order valence-electron chi connectivity index (χ0n) is 17.1. The molecule has 3 fully saturated rings. The minimum absolute atomic E-state index is 0.00725. The van der Waals surface area contributed by atoms with E-state index in [1.807, 2.05) is 0 Å². The van der Waals surface area contributed by atoms with Gasteiger partial charge >= 0.3 is 5.97 Å². The van der Waals surface area contributed by atoms with E-state index >= 15 is 0 Å². The lowest BCUT2D eigenvalue weighted by Gasteiger charge is -2.59. The first-order valence-corrected chi connectivity index (χ1v) is 11.5. The summed E-state index contributed by atoms with van der Waals surface area (Å²) in [5.41, 5.74) is 0.968. The predicted molar refractivity (Wildman–Crippen MR) is 109 cm³/mol. The van der Waals surface area contributed by atoms with Crippen LogP contribution in [0.25, 0.3) is 0 Å². The van der Waals surface area contributed by atoms with Gasteiger partial charge in [-0.05, 0) is 61.7 Å². The Hall–Kier alpha value is -0.430. The molecule has 0 radical (unpaired) electrons. The van der Waals surface area contributed by atoms with Crippen LogP contribution in [0.2, 0.25) is 0 Å². The zero-order chi connectivity index (χ0) is 20.3. The number of hydrogen-bond donors (Lipinski definition) is 2. The quantitative estimate of drug-likeness (QED) is 0.387. The molecule has 9 unspecified atom stereocenters. The van der Waals surface area contributed by atoms with Gasteiger partial charge in [-0.3, -0.25) is 4.79 Å². The molecule has 3 saturated carbocycles. The summed E-state index contributed by atoms with van der Waals surface area (Å²) in [6, 6.07) is 0. The zero-order valence-corrected chi connectivity index (χ0v) is 18.7. The third kappa shape index (κ3) is 2.93. The Kier molecular flexibility index (Phi) is 5.48. The first-order valence-electron chi connectivity index (χ1n) is 10.6. The van der Waals surface area contributed by atoms with E-state index in [0.717, 1.165) is 38.5 Å². The number of methoxy groups -OCH3 is 1. The number of hydrogen-bond acceptors (Lipinski definition) is 5. The molecule has 28 heavy (non-hydrogen) atoms. The second-order valence-corrected chi connectivity index (χ2v) is 10.9. The number of rotatable bonds is 3. The topological polar surface area (TPSA) is 76.0 Å². The molecule has 0 aliphatic heterocycles. The van der Waals surface area contributed by atoms with Crippen LogP contribution in [0.1, 0.15) is 52.4 Å². The van der Waals surface area contributed by atoms with Gasteiger partial charge in [0.1, 0.15) is 6.10 Å². The molecular weight excluding hydrogens is 424 g/mol. The maximum Gasteiger partial charge on any atom is 0.302 e. The van der Waals surface area contributed by atoms with Gasteiger partial charge in [0.15, 0.2) is 0 Å². The largest absolute Gasteiger partial charge is 0.461 e. The summed E-state index contributed by atoms with van der Waals surface area (Å²) >= 11 is 3.73. The van der Waals surface area contributed by atoms with Crippen LogP contribution in [0.3, 0.4) is 0 Å². The minimum Gasteiger partial charge on any atom is -0.461 e. The van der Waals surface area contributed by atoms with Crippen LogP contribution in [0, 0.1) is 28.6 Å². The number of carbonyl (C=O) groups excluding carboxylic acids is 1. The maximum atomic E-state index is 11.7. The number of aliphatic hydroxyl groups excluding tert-OH is 2. The first-order chi connectivity index (χ1) is 13.3. The molecule has 4 aliphatic carbocycles. The third-order valence-corrected chi connectivity index (χ3v) is 9.49. The number of halogens is 1. The number of carbonyl (C=O) groups is 1. The van der Waals surface area contributed by atoms with Gasteiger partial charge in [0.25, 0.3) is 0 Å². The van der Waals surface area contributed by atoms with Gasteiger partial charge in [-0.15, -0.1) is 0 Å². The van der Waals surface area contributed by atoms with Gasteiger partial charge < -0.3 is 19.7 Å². The van der Waals surface area contributed by atoms with Crippen LogP contribution in [-0.2, 0) is 14.3 Å². The SMILES string of the molecule is COC1CCC2(C)C(=CC(O)C3C2CCC2(CO)C3CC(Br)C2OC(C)=O)C1. The second-order valence-electron chi connectivity index (χ2n) is 9.70. The van der Waals surface area contributed by atoms with Crippen LogP contribution < -0.4 is 0 Å². The summed E-state index contributed by atoms with van der Waals surface area (Å²) in [4.78, 5) is 11.7. The van der Waals surface area contributed by atoms with Crippen molar-refractivity contribution in [1.82, 2.24) is 0 Å². The van der Waals surface area contributed by atoms with E-state index in [4.69, 9.17) is 9.47 Å². The van der Waals surface area contributed by atoms with Crippen molar-refractivity contribution in [2.75, 3.05) is 13.7 Å². The highest BCUT2D eigenvalue weighted by molar-refractivity contribution is 9.09. The Morgan fingerprint density at radius 2 is 2.07 bits per heavy atom. The van der Waals surface area contributed by atoms with Crippen molar-refractivity contribution < 1.29 is 24.5 Å². The van der Waals surface area contributed by atoms with Crippen LogP contribution in [0.15, 0.2) is 11.6 Å². The molecule has 2 N–H and O–H groups in total. The van der Waals surface area contributed by atoms with Crippen LogP contribution in [0.4, 0.5) is 0 Å². The Morgan fingerprint density at radius 1 is 1.32 bits per heavy atom. The molecule has 0 aromatic carbocycles. The molecule has 0 bridgehead atoms. The van der Waals surface area contributed by atoms with Crippen molar-refractivity contribution in [2.45, 2.75) is 75.5 Å². The maximum absolute atomic E-state index is 11.7. The molecule has 9 atom stereocenters. The third-order valence-electron chi connectivity index (χ3n) is 8.63. The summed E-state index contributed by atoms with van der Waals surface area (Å²) in [7, 11) is 1.77. The van der Waals surface area contributed by atoms with E-state index in [-0.39, 0.29) is 46.9 Å². The van der Waals surface area contributed by atoms with Gasteiger partial charge in [0.05, 0.1) is 23.6 Å². The number of esters is 1. The fourth-order valence-corrected chi connectivity index (χ4v) is 8.25. The average molecular weight is 457 g/mol. The molecule has 0 aromatic rings. The van der Waals surface area contributed by atoms with Crippen molar-refractivity contribution in [3.8, 4) is 0 Å². The Labute approximate surface area is 176 Å². The van der Waals surface area contributed by atoms with E-state index in [9.17, 15) is 15.0 Å². The van der Waals surface area contributed by atoms with E-state index in [2.05, 4.69) is 28.9 Å². The number of alkyl halides is 1. The fraction of sp³-hybridized carbons (Fsp3) is 0.864. The van der Waals surface area contributed by atoms with Crippen molar-refractivity contribution in [3.63, 3.8) is 0 Å². The lowest BCUT2D eigenvalue weighted by molar-refractivity contribution is -0.166. The normalized spacial score (nSPS) is 50.2.